The summed E-state index contributed by atoms with van der Waals surface area (Å²) in [6.45, 7) is 5.12. The van der Waals surface area contributed by atoms with Crippen LogP contribution in [0.1, 0.15) is 46.5 Å². The second-order valence-electron chi connectivity index (χ2n) is 9.28. The van der Waals surface area contributed by atoms with E-state index in [2.05, 4.69) is 26.5 Å². The highest BCUT2D eigenvalue weighted by molar-refractivity contribution is 9.10. The number of nitrogens with one attached hydrogen (secondary N) is 1. The fourth-order valence-corrected chi connectivity index (χ4v) is 4.71. The molecule has 0 heterocycles. The highest BCUT2D eigenvalue weighted by atomic mass is 79.9. The maximum atomic E-state index is 13.3. The fraction of sp³-hybridized carbons (Fsp3) is 0.212. The molecule has 0 aliphatic rings. The molecule has 0 saturated carbocycles. The molecule has 0 spiro atoms. The van der Waals surface area contributed by atoms with Crippen LogP contribution in [0, 0.1) is 0 Å². The van der Waals surface area contributed by atoms with E-state index >= 15 is 0 Å². The second-order valence-corrected chi connectivity index (χ2v) is 10.1. The Bertz CT molecular complexity index is 1600. The first kappa shape index (κ1) is 32.4. The number of carbonyl (C=O) groups is 1. The van der Waals surface area contributed by atoms with Gasteiger partial charge in [0.1, 0.15) is 13.2 Å². The van der Waals surface area contributed by atoms with Crippen molar-refractivity contribution in [3.05, 3.63) is 117 Å². The number of ether oxygens (including phenoxy) is 4. The molecule has 44 heavy (non-hydrogen) atoms. The summed E-state index contributed by atoms with van der Waals surface area (Å²) in [4.78, 5) is 12.4. The third-order valence-corrected chi connectivity index (χ3v) is 6.71. The molecule has 0 radical (unpaired) electrons. The number of alkyl halides is 3. The zero-order chi connectivity index (χ0) is 31.5. The van der Waals surface area contributed by atoms with Gasteiger partial charge in [-0.05, 0) is 82.9 Å². The molecule has 1 amide bonds. The Labute approximate surface area is 261 Å². The summed E-state index contributed by atoms with van der Waals surface area (Å²) in [5.74, 6) is 1.08. The van der Waals surface area contributed by atoms with Crippen molar-refractivity contribution in [3.63, 3.8) is 0 Å². The van der Waals surface area contributed by atoms with Gasteiger partial charge in [0.05, 0.1) is 35.0 Å². The van der Waals surface area contributed by atoms with Crippen LogP contribution >= 0.6 is 15.9 Å². The Morgan fingerprint density at radius 2 is 1.48 bits per heavy atom. The highest BCUT2D eigenvalue weighted by Crippen LogP contribution is 2.38. The van der Waals surface area contributed by atoms with Crippen LogP contribution in [0.15, 0.2) is 94.5 Å². The molecule has 0 unspecified atom stereocenters. The number of hydrazone groups is 1. The van der Waals surface area contributed by atoms with Crippen molar-refractivity contribution in [2.75, 3.05) is 13.2 Å². The third-order valence-electron chi connectivity index (χ3n) is 6.12. The lowest BCUT2D eigenvalue weighted by Crippen LogP contribution is -2.22. The van der Waals surface area contributed by atoms with Gasteiger partial charge in [0.15, 0.2) is 23.0 Å². The van der Waals surface area contributed by atoms with Crippen LogP contribution in [0.5, 0.6) is 23.0 Å². The summed E-state index contributed by atoms with van der Waals surface area (Å²) in [6, 6.07) is 23.3. The molecule has 0 aliphatic heterocycles. The molecule has 4 aromatic rings. The standard InChI is InChI=1S/C33H30BrF3N2O5/c1-3-41-29-17-23(14-15-28(29)43-20-22-10-6-5-7-11-22)21-44-31-27(34)16-24(18-30(31)42-4-2)19-38-39-32(40)25-12-8-9-13-26(25)33(35,36)37/h5-19H,3-4,20-21H2,1-2H3,(H,39,40)/b38-19+. The molecule has 4 rings (SSSR count). The predicted octanol–water partition coefficient (Wildman–Crippen LogP) is 8.19. The number of rotatable bonds is 13. The third kappa shape index (κ3) is 8.76. The van der Waals surface area contributed by atoms with Gasteiger partial charge >= 0.3 is 6.18 Å². The number of hydrogen-bond acceptors (Lipinski definition) is 6. The van der Waals surface area contributed by atoms with Crippen LogP contribution in [-0.2, 0) is 19.4 Å². The molecule has 0 fully saturated rings. The summed E-state index contributed by atoms with van der Waals surface area (Å²) < 4.78 is 64.0. The van der Waals surface area contributed by atoms with Gasteiger partial charge < -0.3 is 18.9 Å². The first-order valence-electron chi connectivity index (χ1n) is 13.7. The van der Waals surface area contributed by atoms with Crippen LogP contribution in [0.2, 0.25) is 0 Å². The first-order chi connectivity index (χ1) is 21.2. The Kier molecular flexibility index (Phi) is 11.3. The molecule has 0 bridgehead atoms. The molecular formula is C33H30BrF3N2O5. The largest absolute Gasteiger partial charge is 0.490 e. The zero-order valence-electron chi connectivity index (χ0n) is 24.0. The van der Waals surface area contributed by atoms with E-state index in [0.29, 0.717) is 52.9 Å². The Hall–Kier alpha value is -4.51. The average Bonchev–Trinajstić information content (AvgIpc) is 3.00. The second kappa shape index (κ2) is 15.3. The van der Waals surface area contributed by atoms with Gasteiger partial charge in [-0.25, -0.2) is 5.43 Å². The lowest BCUT2D eigenvalue weighted by atomic mass is 10.1. The summed E-state index contributed by atoms with van der Waals surface area (Å²) in [7, 11) is 0. The van der Waals surface area contributed by atoms with Crippen molar-refractivity contribution in [2.24, 2.45) is 5.10 Å². The van der Waals surface area contributed by atoms with Gasteiger partial charge in [-0.15, -0.1) is 0 Å². The van der Waals surface area contributed by atoms with Crippen molar-refractivity contribution < 1.29 is 36.9 Å². The van der Waals surface area contributed by atoms with Crippen molar-refractivity contribution in [1.82, 2.24) is 5.43 Å². The van der Waals surface area contributed by atoms with Gasteiger partial charge in [0.2, 0.25) is 0 Å². The Morgan fingerprint density at radius 1 is 0.795 bits per heavy atom. The quantitative estimate of drug-likeness (QED) is 0.115. The number of benzene rings is 4. The predicted molar refractivity (Wildman–Crippen MR) is 165 cm³/mol. The highest BCUT2D eigenvalue weighted by Gasteiger charge is 2.34. The molecule has 0 aromatic heterocycles. The average molecular weight is 672 g/mol. The lowest BCUT2D eigenvalue weighted by molar-refractivity contribution is -0.137. The van der Waals surface area contributed by atoms with E-state index in [1.165, 1.54) is 18.3 Å². The van der Waals surface area contributed by atoms with E-state index in [1.54, 1.807) is 12.1 Å². The molecule has 7 nitrogen and oxygen atoms in total. The smallest absolute Gasteiger partial charge is 0.417 e. The van der Waals surface area contributed by atoms with Crippen molar-refractivity contribution in [1.29, 1.82) is 0 Å². The molecule has 230 valence electrons. The number of hydrogen-bond donors (Lipinski definition) is 1. The molecule has 1 N–H and O–H groups in total. The minimum Gasteiger partial charge on any atom is -0.490 e. The van der Waals surface area contributed by atoms with E-state index in [0.717, 1.165) is 23.3 Å². The maximum absolute atomic E-state index is 13.3. The summed E-state index contributed by atoms with van der Waals surface area (Å²) in [5.41, 5.74) is 2.97. The van der Waals surface area contributed by atoms with Crippen molar-refractivity contribution in [3.8, 4) is 23.0 Å². The van der Waals surface area contributed by atoms with Crippen LogP contribution in [0.25, 0.3) is 0 Å². The molecule has 0 atom stereocenters. The summed E-state index contributed by atoms with van der Waals surface area (Å²) in [6.07, 6.45) is -3.37. The number of halogens is 4. The molecule has 0 saturated heterocycles. The molecule has 0 aliphatic carbocycles. The van der Waals surface area contributed by atoms with Crippen LogP contribution < -0.4 is 24.4 Å². The van der Waals surface area contributed by atoms with Crippen LogP contribution in [0.3, 0.4) is 0 Å². The van der Waals surface area contributed by atoms with Gasteiger partial charge in [0.25, 0.3) is 5.91 Å². The normalized spacial score (nSPS) is 11.3. The fourth-order valence-electron chi connectivity index (χ4n) is 4.14. The van der Waals surface area contributed by atoms with Gasteiger partial charge in [-0.1, -0.05) is 48.5 Å². The number of carbonyl (C=O) groups excluding carboxylic acids is 1. The first-order valence-corrected chi connectivity index (χ1v) is 14.5. The van der Waals surface area contributed by atoms with E-state index in [4.69, 9.17) is 18.9 Å². The maximum Gasteiger partial charge on any atom is 0.417 e. The summed E-state index contributed by atoms with van der Waals surface area (Å²) >= 11 is 3.50. The Morgan fingerprint density at radius 3 is 2.20 bits per heavy atom. The molecule has 4 aromatic carbocycles. The van der Waals surface area contributed by atoms with E-state index < -0.39 is 23.2 Å². The lowest BCUT2D eigenvalue weighted by Gasteiger charge is -2.16. The van der Waals surface area contributed by atoms with Crippen molar-refractivity contribution in [2.45, 2.75) is 33.2 Å². The SMILES string of the molecule is CCOc1cc(COc2c(Br)cc(/C=N/NC(=O)c3ccccc3C(F)(F)F)cc2OCC)ccc1OCc1ccccc1. The van der Waals surface area contributed by atoms with E-state index in [-0.39, 0.29) is 6.61 Å². The van der Waals surface area contributed by atoms with Gasteiger partial charge in [-0.3, -0.25) is 4.79 Å². The van der Waals surface area contributed by atoms with Crippen molar-refractivity contribution >= 4 is 28.1 Å². The number of nitrogens with zero attached hydrogens (tertiary/aromatic N) is 1. The van der Waals surface area contributed by atoms with E-state index in [1.807, 2.05) is 62.4 Å². The Balaban J connectivity index is 1.45. The zero-order valence-corrected chi connectivity index (χ0v) is 25.6. The van der Waals surface area contributed by atoms with Crippen LogP contribution in [0.4, 0.5) is 13.2 Å². The monoisotopic (exact) mass is 670 g/mol. The van der Waals surface area contributed by atoms with Crippen LogP contribution in [-0.4, -0.2) is 25.3 Å². The topological polar surface area (TPSA) is 78.4 Å². The molecule has 11 heteroatoms. The minimum absolute atomic E-state index is 0.194. The van der Waals surface area contributed by atoms with Gasteiger partial charge in [-0.2, -0.15) is 18.3 Å². The minimum atomic E-state index is -4.67. The molecular weight excluding hydrogens is 641 g/mol. The van der Waals surface area contributed by atoms with Gasteiger partial charge in [0, 0.05) is 0 Å². The summed E-state index contributed by atoms with van der Waals surface area (Å²) in [5, 5.41) is 3.84. The number of amides is 1. The van der Waals surface area contributed by atoms with E-state index in [9.17, 15) is 18.0 Å².